The maximum Gasteiger partial charge on any atom is 0.198 e. The van der Waals surface area contributed by atoms with Gasteiger partial charge in [0.2, 0.25) is 0 Å². The fourth-order valence-electron chi connectivity index (χ4n) is 4.51. The Morgan fingerprint density at radius 2 is 1.74 bits per heavy atom. The van der Waals surface area contributed by atoms with Crippen molar-refractivity contribution in [3.05, 3.63) is 60.2 Å². The van der Waals surface area contributed by atoms with E-state index < -0.39 is 0 Å². The summed E-state index contributed by atoms with van der Waals surface area (Å²) in [7, 11) is 0. The molecule has 0 bridgehead atoms. The molecule has 0 amide bonds. The highest BCUT2D eigenvalue weighted by Crippen LogP contribution is 2.27. The molecule has 0 aliphatic carbocycles. The van der Waals surface area contributed by atoms with Crippen molar-refractivity contribution in [3.63, 3.8) is 0 Å². The average molecular weight is 465 g/mol. The molecule has 0 aromatic heterocycles. The molecule has 0 unspecified atom stereocenters. The lowest BCUT2D eigenvalue weighted by atomic mass is 9.90. The van der Waals surface area contributed by atoms with Gasteiger partial charge in [0.05, 0.1) is 6.61 Å². The minimum Gasteiger partial charge on any atom is -0.494 e. The van der Waals surface area contributed by atoms with Gasteiger partial charge in [-0.2, -0.15) is 0 Å². The fourth-order valence-corrected chi connectivity index (χ4v) is 4.51. The maximum absolute atomic E-state index is 9.11. The van der Waals surface area contributed by atoms with Gasteiger partial charge in [0.15, 0.2) is 5.96 Å². The van der Waals surface area contributed by atoms with Gasteiger partial charge < -0.3 is 20.3 Å². The predicted molar refractivity (Wildman–Crippen MR) is 144 cm³/mol. The number of likely N-dealkylation sites (tertiary alicyclic amines) is 1. The summed E-state index contributed by atoms with van der Waals surface area (Å²) in [5.74, 6) is 2.16. The van der Waals surface area contributed by atoms with Crippen LogP contribution >= 0.6 is 0 Å². The van der Waals surface area contributed by atoms with Crippen molar-refractivity contribution >= 4 is 11.6 Å². The molecule has 1 fully saturated rings. The number of hydrogen-bond acceptors (Lipinski definition) is 3. The second kappa shape index (κ2) is 12.8. The van der Waals surface area contributed by atoms with Crippen molar-refractivity contribution < 1.29 is 4.74 Å². The number of hydrogen-bond donors (Lipinski definition) is 2. The van der Waals surface area contributed by atoms with Gasteiger partial charge >= 0.3 is 0 Å². The van der Waals surface area contributed by atoms with Crippen LogP contribution in [-0.4, -0.2) is 43.6 Å². The molecule has 5 nitrogen and oxygen atoms in total. The summed E-state index contributed by atoms with van der Waals surface area (Å²) in [6.07, 6.45) is 6.84. The molecule has 2 aromatic rings. The molecule has 3 rings (SSSR count). The third kappa shape index (κ3) is 7.76. The Bertz CT molecular complexity index is 857. The molecular formula is C29H44N4O. The third-order valence-electron chi connectivity index (χ3n) is 6.84. The van der Waals surface area contributed by atoms with Gasteiger partial charge in [-0.25, -0.2) is 0 Å². The Hall–Kier alpha value is -2.53. The molecule has 1 saturated heterocycles. The van der Waals surface area contributed by atoms with Gasteiger partial charge in [-0.1, -0.05) is 63.9 Å². The highest BCUT2D eigenvalue weighted by Gasteiger charge is 2.28. The molecule has 34 heavy (non-hydrogen) atoms. The topological polar surface area (TPSA) is 65.6 Å². The summed E-state index contributed by atoms with van der Waals surface area (Å²) in [5, 5.41) is 9.11. The zero-order valence-corrected chi connectivity index (χ0v) is 21.4. The first kappa shape index (κ1) is 26.1. The van der Waals surface area contributed by atoms with E-state index >= 15 is 0 Å². The predicted octanol–water partition coefficient (Wildman–Crippen LogP) is 5.94. The number of piperidine rings is 1. The van der Waals surface area contributed by atoms with E-state index in [4.69, 9.17) is 15.9 Å². The Labute approximate surface area is 206 Å². The first-order valence-corrected chi connectivity index (χ1v) is 13.0. The summed E-state index contributed by atoms with van der Waals surface area (Å²) in [4.78, 5) is 4.37. The zero-order chi connectivity index (χ0) is 24.4. The van der Waals surface area contributed by atoms with E-state index in [0.717, 1.165) is 56.8 Å². The van der Waals surface area contributed by atoms with E-state index in [2.05, 4.69) is 73.0 Å². The monoisotopic (exact) mass is 464 g/mol. The molecule has 1 aliphatic heterocycles. The molecule has 1 aliphatic rings. The number of guanidine groups is 1. The van der Waals surface area contributed by atoms with Crippen molar-refractivity contribution in [3.8, 4) is 5.75 Å². The van der Waals surface area contributed by atoms with Crippen LogP contribution in [0.5, 0.6) is 5.75 Å². The lowest BCUT2D eigenvalue weighted by molar-refractivity contribution is 0.258. The van der Waals surface area contributed by atoms with Gasteiger partial charge in [-0.3, -0.25) is 5.41 Å². The average Bonchev–Trinajstić information content (AvgIpc) is 2.86. The molecule has 186 valence electrons. The Morgan fingerprint density at radius 3 is 2.35 bits per heavy atom. The first-order valence-electron chi connectivity index (χ1n) is 13.0. The SMILES string of the molecule is CCCCCOc1ccc(N(CC(C)(C)CN)C(=N)N2CCC(Cc3ccccc3)CC2)cc1. The molecule has 0 radical (unpaired) electrons. The minimum absolute atomic E-state index is 0.0900. The van der Waals surface area contributed by atoms with Gasteiger partial charge in [0, 0.05) is 25.3 Å². The van der Waals surface area contributed by atoms with E-state index in [-0.39, 0.29) is 5.41 Å². The lowest BCUT2D eigenvalue weighted by Gasteiger charge is -2.40. The van der Waals surface area contributed by atoms with Crippen LogP contribution in [0.2, 0.25) is 0 Å². The molecule has 0 saturated carbocycles. The largest absolute Gasteiger partial charge is 0.494 e. The van der Waals surface area contributed by atoms with E-state index in [9.17, 15) is 0 Å². The Kier molecular flexibility index (Phi) is 9.82. The van der Waals surface area contributed by atoms with Crippen molar-refractivity contribution in [2.24, 2.45) is 17.1 Å². The van der Waals surface area contributed by atoms with Crippen LogP contribution in [0.3, 0.4) is 0 Å². The van der Waals surface area contributed by atoms with Crippen LogP contribution in [-0.2, 0) is 6.42 Å². The Morgan fingerprint density at radius 1 is 1.06 bits per heavy atom. The van der Waals surface area contributed by atoms with Gasteiger partial charge in [-0.05, 0) is 73.4 Å². The van der Waals surface area contributed by atoms with Crippen LogP contribution in [0.1, 0.15) is 58.4 Å². The molecule has 1 heterocycles. The van der Waals surface area contributed by atoms with E-state index in [0.29, 0.717) is 25.0 Å². The quantitative estimate of drug-likeness (QED) is 0.245. The zero-order valence-electron chi connectivity index (χ0n) is 21.4. The number of benzene rings is 2. The number of nitrogens with zero attached hydrogens (tertiary/aromatic N) is 2. The fraction of sp³-hybridized carbons (Fsp3) is 0.552. The van der Waals surface area contributed by atoms with Crippen LogP contribution in [0.25, 0.3) is 0 Å². The van der Waals surface area contributed by atoms with Crippen LogP contribution < -0.4 is 15.4 Å². The normalized spacial score (nSPS) is 14.8. The van der Waals surface area contributed by atoms with Crippen molar-refractivity contribution in [2.45, 2.75) is 59.3 Å². The molecule has 0 spiro atoms. The highest BCUT2D eigenvalue weighted by atomic mass is 16.5. The van der Waals surface area contributed by atoms with Crippen molar-refractivity contribution in [1.29, 1.82) is 5.41 Å². The van der Waals surface area contributed by atoms with Crippen LogP contribution in [0.4, 0.5) is 5.69 Å². The molecule has 3 N–H and O–H groups in total. The van der Waals surface area contributed by atoms with E-state index in [1.54, 1.807) is 0 Å². The van der Waals surface area contributed by atoms with Crippen LogP contribution in [0, 0.1) is 16.7 Å². The van der Waals surface area contributed by atoms with Gasteiger partial charge in [0.1, 0.15) is 5.75 Å². The third-order valence-corrected chi connectivity index (χ3v) is 6.84. The number of unbranched alkanes of at least 4 members (excludes halogenated alkanes) is 2. The number of rotatable bonds is 11. The smallest absolute Gasteiger partial charge is 0.198 e. The molecule has 0 atom stereocenters. The summed E-state index contributed by atoms with van der Waals surface area (Å²) in [5.41, 5.74) is 8.43. The number of anilines is 1. The van der Waals surface area contributed by atoms with Crippen molar-refractivity contribution in [2.75, 3.05) is 37.7 Å². The molecular weight excluding hydrogens is 420 g/mol. The standard InChI is InChI=1S/C29H44N4O/c1-4-5-9-20-34-27-14-12-26(13-15-27)33(23-29(2,3)22-30)28(31)32-18-16-25(17-19-32)21-24-10-7-6-8-11-24/h6-8,10-15,25,31H,4-5,9,16-23,30H2,1-3H3. The highest BCUT2D eigenvalue weighted by molar-refractivity contribution is 5.94. The van der Waals surface area contributed by atoms with Crippen LogP contribution in [0.15, 0.2) is 54.6 Å². The number of ether oxygens (including phenoxy) is 1. The summed E-state index contributed by atoms with van der Waals surface area (Å²) >= 11 is 0. The first-order chi connectivity index (χ1) is 16.4. The lowest BCUT2D eigenvalue weighted by Crippen LogP contribution is -2.51. The maximum atomic E-state index is 9.11. The second-order valence-corrected chi connectivity index (χ2v) is 10.4. The van der Waals surface area contributed by atoms with Crippen molar-refractivity contribution in [1.82, 2.24) is 4.90 Å². The van der Waals surface area contributed by atoms with Gasteiger partial charge in [0.25, 0.3) is 0 Å². The number of nitrogens with one attached hydrogen (secondary N) is 1. The number of nitrogens with two attached hydrogens (primary N) is 1. The summed E-state index contributed by atoms with van der Waals surface area (Å²) < 4.78 is 5.90. The summed E-state index contributed by atoms with van der Waals surface area (Å²) in [6.45, 7) is 10.4. The van der Waals surface area contributed by atoms with E-state index in [1.165, 1.54) is 18.4 Å². The molecule has 2 aromatic carbocycles. The Balaban J connectivity index is 1.64. The summed E-state index contributed by atoms with van der Waals surface area (Å²) in [6, 6.07) is 19.0. The molecule has 5 heteroatoms. The minimum atomic E-state index is -0.0900. The van der Waals surface area contributed by atoms with Gasteiger partial charge in [-0.15, -0.1) is 0 Å². The second-order valence-electron chi connectivity index (χ2n) is 10.4. The van der Waals surface area contributed by atoms with E-state index in [1.807, 2.05) is 12.1 Å².